The third-order valence-electron chi connectivity index (χ3n) is 7.77. The zero-order chi connectivity index (χ0) is 30.4. The Morgan fingerprint density at radius 2 is 1.88 bits per heavy atom. The number of carboxylic acids is 1. The lowest BCUT2D eigenvalue weighted by Crippen LogP contribution is -2.49. The molecule has 0 aromatic heterocycles. The average molecular weight is 567 g/mol. The van der Waals surface area contributed by atoms with Gasteiger partial charge in [-0.2, -0.15) is 0 Å². The number of guanidine groups is 1. The highest BCUT2D eigenvalue weighted by molar-refractivity contribution is 6.33. The van der Waals surface area contributed by atoms with E-state index in [0.29, 0.717) is 18.0 Å². The van der Waals surface area contributed by atoms with E-state index in [1.807, 2.05) is 0 Å². The first-order chi connectivity index (χ1) is 19.6. The van der Waals surface area contributed by atoms with E-state index in [2.05, 4.69) is 88.1 Å². The maximum absolute atomic E-state index is 10.1. The molecule has 9 nitrogen and oxygen atoms in total. The first-order valence-electron chi connectivity index (χ1n) is 14.5. The molecule has 0 saturated carbocycles. The molecule has 1 aromatic rings. The number of likely N-dealkylation sites (N-methyl/N-ethyl adjacent to an activating group) is 1. The molecule has 4 N–H and O–H groups in total. The van der Waals surface area contributed by atoms with E-state index in [0.717, 1.165) is 44.9 Å². The number of aryl methyl sites for hydroxylation is 1. The Balaban J connectivity index is 0.000000258. The van der Waals surface area contributed by atoms with Gasteiger partial charge in [-0.05, 0) is 57.1 Å². The van der Waals surface area contributed by atoms with Gasteiger partial charge in [0.25, 0.3) is 5.78 Å². The third-order valence-corrected chi connectivity index (χ3v) is 7.77. The number of carbonyl (C=O) groups is 2. The molecule has 41 heavy (non-hydrogen) atoms. The molecule has 4 rings (SSSR count). The van der Waals surface area contributed by atoms with Gasteiger partial charge in [0, 0.05) is 50.2 Å². The van der Waals surface area contributed by atoms with Crippen molar-refractivity contribution in [3.8, 4) is 0 Å². The molecular weight excluding hydrogens is 516 g/mol. The number of nitrogens with one attached hydrogen (secondary N) is 1. The minimum atomic E-state index is -1.39. The van der Waals surface area contributed by atoms with Crippen LogP contribution in [0.3, 0.4) is 0 Å². The number of carboxylic acid groups (broad SMARTS) is 1. The Kier molecular flexibility index (Phi) is 14.2. The number of rotatable bonds is 8. The number of aliphatic imine (C=N–C) groups is 1. The van der Waals surface area contributed by atoms with Gasteiger partial charge in [-0.15, -0.1) is 6.58 Å². The molecule has 0 aliphatic carbocycles. The molecule has 3 saturated heterocycles. The van der Waals surface area contributed by atoms with E-state index in [1.165, 1.54) is 49.7 Å². The maximum atomic E-state index is 10.1. The van der Waals surface area contributed by atoms with Crippen LogP contribution in [0.2, 0.25) is 0 Å². The summed E-state index contributed by atoms with van der Waals surface area (Å²) in [7, 11) is 3.26. The van der Waals surface area contributed by atoms with Crippen molar-refractivity contribution in [3.63, 3.8) is 0 Å². The summed E-state index contributed by atoms with van der Waals surface area (Å²) >= 11 is 0. The Morgan fingerprint density at radius 3 is 2.44 bits per heavy atom. The van der Waals surface area contributed by atoms with Crippen molar-refractivity contribution in [3.05, 3.63) is 73.1 Å². The van der Waals surface area contributed by atoms with Gasteiger partial charge in [-0.25, -0.2) is 4.79 Å². The van der Waals surface area contributed by atoms with Crippen LogP contribution in [-0.4, -0.2) is 96.4 Å². The molecule has 3 fully saturated rings. The highest BCUT2D eigenvalue weighted by atomic mass is 16.4. The maximum Gasteiger partial charge on any atom is 0.373 e. The van der Waals surface area contributed by atoms with Crippen molar-refractivity contribution < 1.29 is 14.7 Å². The van der Waals surface area contributed by atoms with E-state index < -0.39 is 11.8 Å². The predicted octanol–water partition coefficient (Wildman–Crippen LogP) is 3.50. The van der Waals surface area contributed by atoms with Crippen LogP contribution >= 0.6 is 0 Å². The third kappa shape index (κ3) is 10.7. The first-order valence-corrected chi connectivity index (χ1v) is 14.5. The fraction of sp³-hybridized carbons (Fsp3) is 0.531. The second-order valence-electron chi connectivity index (χ2n) is 11.0. The van der Waals surface area contributed by atoms with E-state index in [1.54, 1.807) is 7.05 Å². The fourth-order valence-electron chi connectivity index (χ4n) is 5.54. The van der Waals surface area contributed by atoms with Crippen LogP contribution in [0.4, 0.5) is 0 Å². The first kappa shape index (κ1) is 33.6. The molecule has 0 bridgehead atoms. The van der Waals surface area contributed by atoms with Crippen molar-refractivity contribution >= 4 is 17.7 Å². The van der Waals surface area contributed by atoms with Gasteiger partial charge in [0.15, 0.2) is 5.96 Å². The van der Waals surface area contributed by atoms with Crippen LogP contribution < -0.4 is 11.1 Å². The fourth-order valence-corrected chi connectivity index (χ4v) is 5.54. The summed E-state index contributed by atoms with van der Waals surface area (Å²) in [5.74, 6) is -0.743. The molecule has 226 valence electrons. The number of likely N-dealkylation sites (tertiary alicyclic amines) is 1. The van der Waals surface area contributed by atoms with Crippen molar-refractivity contribution in [2.75, 3.05) is 46.8 Å². The summed E-state index contributed by atoms with van der Waals surface area (Å²) in [6.07, 6.45) is 9.17. The van der Waals surface area contributed by atoms with Gasteiger partial charge < -0.3 is 30.9 Å². The number of hydrogen-bond donors (Lipinski definition) is 3. The molecule has 1 unspecified atom stereocenters. The minimum absolute atomic E-state index is 0.102. The lowest BCUT2D eigenvalue weighted by Gasteiger charge is -2.44. The Hall–Kier alpha value is -3.59. The van der Waals surface area contributed by atoms with Crippen LogP contribution in [0.5, 0.6) is 0 Å². The van der Waals surface area contributed by atoms with E-state index in [4.69, 9.17) is 10.8 Å². The quantitative estimate of drug-likeness (QED) is 0.190. The van der Waals surface area contributed by atoms with Gasteiger partial charge in [-0.3, -0.25) is 9.79 Å². The zero-order valence-corrected chi connectivity index (χ0v) is 25.2. The SMILES string of the molecule is C=C[C@@H]1CC[C@H]2CN(C(=C)CCc3ccccc3)CC(=C)N21.CN=C(N)N1CCCC(C)C1.CNCC(=O)C(=O)O. The molecule has 0 amide bonds. The van der Waals surface area contributed by atoms with Crippen LogP contribution in [0.25, 0.3) is 0 Å². The molecular formula is C32H50N6O3. The normalized spacial score (nSPS) is 22.0. The van der Waals surface area contributed by atoms with Crippen molar-refractivity contribution in [1.29, 1.82) is 0 Å². The largest absolute Gasteiger partial charge is 0.475 e. The second kappa shape index (κ2) is 17.3. The number of nitrogens with two attached hydrogens (primary N) is 1. The lowest BCUT2D eigenvalue weighted by molar-refractivity contribution is -0.148. The smallest absolute Gasteiger partial charge is 0.373 e. The summed E-state index contributed by atoms with van der Waals surface area (Å²) < 4.78 is 0. The Bertz CT molecular complexity index is 1060. The van der Waals surface area contributed by atoms with E-state index in [-0.39, 0.29) is 6.54 Å². The van der Waals surface area contributed by atoms with Crippen molar-refractivity contribution in [1.82, 2.24) is 20.0 Å². The molecule has 3 heterocycles. The highest BCUT2D eigenvalue weighted by Gasteiger charge is 2.37. The number of Topliss-reactive ketones (excluding diaryl/α,β-unsaturated/α-hetero) is 1. The standard InChI is InChI=1S/C20H26N2.C8H17N3.C4H7NO3/c1-4-19-12-13-20-15-21(14-17(3)22(19)20)16(2)10-11-18-8-6-5-7-9-18;1-7-4-3-5-11(6-7)8(9)10-2;1-5-2-3(6)4(7)8/h4-9,19-20H,1-3,10-15H2;7H,3-6H2,1-2H3,(H2,9,10);5H,2H2,1H3,(H,7,8)/t19-,20+;;/m1../s1. The summed E-state index contributed by atoms with van der Waals surface area (Å²) in [5, 5.41) is 10.3. The number of nitrogens with zero attached hydrogens (tertiary/aromatic N) is 4. The van der Waals surface area contributed by atoms with Crippen LogP contribution in [0, 0.1) is 5.92 Å². The monoisotopic (exact) mass is 566 g/mol. The molecule has 0 spiro atoms. The number of piperidine rings is 1. The number of piperazine rings is 1. The van der Waals surface area contributed by atoms with E-state index in [9.17, 15) is 9.59 Å². The molecule has 1 aromatic carbocycles. The Morgan fingerprint density at radius 1 is 1.17 bits per heavy atom. The number of carbonyl (C=O) groups excluding carboxylic acids is 1. The average Bonchev–Trinajstić information content (AvgIpc) is 3.40. The van der Waals surface area contributed by atoms with Crippen molar-refractivity contribution in [2.45, 2.75) is 57.5 Å². The van der Waals surface area contributed by atoms with Gasteiger partial charge in [-0.1, -0.05) is 56.5 Å². The topological polar surface area (TPSA) is 115 Å². The summed E-state index contributed by atoms with van der Waals surface area (Å²) in [6.45, 7) is 18.9. The second-order valence-corrected chi connectivity index (χ2v) is 11.0. The Labute approximate surface area is 246 Å². The number of ketones is 1. The number of fused-ring (bicyclic) bond motifs is 1. The summed E-state index contributed by atoms with van der Waals surface area (Å²) in [5.41, 5.74) is 9.53. The van der Waals surface area contributed by atoms with Crippen LogP contribution in [0.15, 0.2) is 72.5 Å². The number of benzene rings is 1. The van der Waals surface area contributed by atoms with Gasteiger partial charge in [0.1, 0.15) is 0 Å². The van der Waals surface area contributed by atoms with E-state index >= 15 is 0 Å². The molecule has 0 radical (unpaired) electrons. The van der Waals surface area contributed by atoms with Crippen molar-refractivity contribution in [2.24, 2.45) is 16.6 Å². The molecule has 9 heteroatoms. The van der Waals surface area contributed by atoms with Gasteiger partial charge >= 0.3 is 5.97 Å². The molecule has 3 aliphatic rings. The van der Waals surface area contributed by atoms with Gasteiger partial charge in [0.2, 0.25) is 0 Å². The number of hydrogen-bond acceptors (Lipinski definition) is 6. The predicted molar refractivity (Wildman–Crippen MR) is 168 cm³/mol. The minimum Gasteiger partial charge on any atom is -0.475 e. The van der Waals surface area contributed by atoms with Crippen LogP contribution in [0.1, 0.15) is 44.6 Å². The molecule has 3 atom stereocenters. The highest BCUT2D eigenvalue weighted by Crippen LogP contribution is 2.34. The lowest BCUT2D eigenvalue weighted by atomic mass is 10.0. The van der Waals surface area contributed by atoms with Crippen LogP contribution in [-0.2, 0) is 16.0 Å². The molecule has 3 aliphatic heterocycles. The number of allylic oxidation sites excluding steroid dienone is 1. The van der Waals surface area contributed by atoms with Gasteiger partial charge in [0.05, 0.1) is 13.1 Å². The summed E-state index contributed by atoms with van der Waals surface area (Å²) in [4.78, 5) is 30.8. The number of aliphatic carboxylic acids is 1. The zero-order valence-electron chi connectivity index (χ0n) is 25.2. The summed E-state index contributed by atoms with van der Waals surface area (Å²) in [6, 6.07) is 11.7.